The normalized spacial score (nSPS) is 10.4. The van der Waals surface area contributed by atoms with Crippen LogP contribution in [0.1, 0.15) is 26.3 Å². The Morgan fingerprint density at radius 2 is 1.29 bits per heavy atom. The van der Waals surface area contributed by atoms with E-state index in [9.17, 15) is 14.4 Å². The average molecular weight is 522 g/mol. The number of esters is 1. The Morgan fingerprint density at radius 3 is 1.87 bits per heavy atom. The van der Waals surface area contributed by atoms with Crippen molar-refractivity contribution >= 4 is 24.0 Å². The maximum absolute atomic E-state index is 12.4. The third-order valence-electron chi connectivity index (χ3n) is 5.17. The molecule has 0 spiro atoms. The van der Waals surface area contributed by atoms with E-state index in [0.29, 0.717) is 45.4 Å². The van der Waals surface area contributed by atoms with Gasteiger partial charge in [-0.1, -0.05) is 0 Å². The summed E-state index contributed by atoms with van der Waals surface area (Å²) in [5, 5.41) is 6.37. The van der Waals surface area contributed by atoms with Gasteiger partial charge in [0.2, 0.25) is 0 Å². The lowest BCUT2D eigenvalue weighted by Crippen LogP contribution is -2.34. The van der Waals surface area contributed by atoms with Crippen molar-refractivity contribution < 1.29 is 38.1 Å². The number of carbonyl (C=O) groups excluding carboxylic acids is 3. The van der Waals surface area contributed by atoms with Crippen LogP contribution in [0.25, 0.3) is 0 Å². The van der Waals surface area contributed by atoms with E-state index in [1.165, 1.54) is 46.8 Å². The van der Waals surface area contributed by atoms with Gasteiger partial charge in [0, 0.05) is 5.56 Å². The first-order chi connectivity index (χ1) is 18.4. The van der Waals surface area contributed by atoms with Crippen molar-refractivity contribution in [1.29, 1.82) is 0 Å². The van der Waals surface area contributed by atoms with E-state index in [1.54, 1.807) is 48.5 Å². The van der Waals surface area contributed by atoms with Crippen LogP contribution in [-0.2, 0) is 4.79 Å². The minimum absolute atomic E-state index is 0.282. The molecular formula is C27H27N3O8. The van der Waals surface area contributed by atoms with Crippen molar-refractivity contribution in [3.8, 4) is 28.7 Å². The molecular weight excluding hydrogens is 494 g/mol. The van der Waals surface area contributed by atoms with Crippen molar-refractivity contribution in [2.45, 2.75) is 0 Å². The summed E-state index contributed by atoms with van der Waals surface area (Å²) in [6.07, 6.45) is 1.41. The molecule has 0 aromatic heterocycles. The van der Waals surface area contributed by atoms with Gasteiger partial charge in [0.15, 0.2) is 23.0 Å². The number of nitrogens with one attached hydrogen (secondary N) is 2. The van der Waals surface area contributed by atoms with Gasteiger partial charge in [-0.15, -0.1) is 0 Å². The topological polar surface area (TPSA) is 134 Å². The predicted octanol–water partition coefficient (Wildman–Crippen LogP) is 2.82. The van der Waals surface area contributed by atoms with E-state index in [1.807, 2.05) is 0 Å². The molecule has 0 fully saturated rings. The third kappa shape index (κ3) is 7.23. The molecule has 38 heavy (non-hydrogen) atoms. The van der Waals surface area contributed by atoms with E-state index >= 15 is 0 Å². The van der Waals surface area contributed by atoms with Crippen LogP contribution >= 0.6 is 0 Å². The van der Waals surface area contributed by atoms with Crippen LogP contribution in [0.5, 0.6) is 28.7 Å². The van der Waals surface area contributed by atoms with Crippen molar-refractivity contribution in [2.75, 3.05) is 35.0 Å². The van der Waals surface area contributed by atoms with Crippen LogP contribution < -0.4 is 34.4 Å². The number of ether oxygens (including phenoxy) is 5. The number of hydrogen-bond donors (Lipinski definition) is 2. The van der Waals surface area contributed by atoms with Gasteiger partial charge < -0.3 is 29.0 Å². The molecule has 0 unspecified atom stereocenters. The van der Waals surface area contributed by atoms with Crippen LogP contribution in [0, 0.1) is 0 Å². The lowest BCUT2D eigenvalue weighted by Gasteiger charge is -2.09. The molecule has 0 aliphatic heterocycles. The first-order valence-corrected chi connectivity index (χ1v) is 11.2. The smallest absolute Gasteiger partial charge is 0.343 e. The summed E-state index contributed by atoms with van der Waals surface area (Å²) in [6.45, 7) is -0.282. The van der Waals surface area contributed by atoms with Crippen LogP contribution in [0.15, 0.2) is 65.8 Å². The van der Waals surface area contributed by atoms with E-state index in [4.69, 9.17) is 23.7 Å². The summed E-state index contributed by atoms with van der Waals surface area (Å²) in [5.74, 6) is 0.588. The number of carbonyl (C=O) groups is 3. The van der Waals surface area contributed by atoms with Gasteiger partial charge in [-0.05, 0) is 66.2 Å². The van der Waals surface area contributed by atoms with Crippen LogP contribution in [0.4, 0.5) is 0 Å². The Labute approximate surface area is 219 Å². The SMILES string of the molecule is COc1ccc(C(=O)NCC(=O)N/N=C/c2ccc(OC(=O)c3ccc(OC)c(OC)c3)cc2)cc1OC. The van der Waals surface area contributed by atoms with Gasteiger partial charge in [-0.2, -0.15) is 5.10 Å². The summed E-state index contributed by atoms with van der Waals surface area (Å²) in [4.78, 5) is 36.8. The number of nitrogens with zero attached hydrogens (tertiary/aromatic N) is 1. The van der Waals surface area contributed by atoms with Crippen LogP contribution in [0.3, 0.4) is 0 Å². The first kappa shape index (κ1) is 27.5. The zero-order chi connectivity index (χ0) is 27.5. The molecule has 3 aromatic carbocycles. The molecule has 198 valence electrons. The number of rotatable bonds is 11. The highest BCUT2D eigenvalue weighted by molar-refractivity contribution is 5.97. The molecule has 0 saturated carbocycles. The summed E-state index contributed by atoms with van der Waals surface area (Å²) < 4.78 is 26.1. The molecule has 11 nitrogen and oxygen atoms in total. The van der Waals surface area contributed by atoms with E-state index in [0.717, 1.165) is 0 Å². The Bertz CT molecular complexity index is 1320. The highest BCUT2D eigenvalue weighted by Crippen LogP contribution is 2.28. The van der Waals surface area contributed by atoms with Crippen molar-refractivity contribution in [3.63, 3.8) is 0 Å². The number of methoxy groups -OCH3 is 4. The fraction of sp³-hybridized carbons (Fsp3) is 0.185. The molecule has 0 saturated heterocycles. The van der Waals surface area contributed by atoms with E-state index in [2.05, 4.69) is 15.8 Å². The second-order valence-corrected chi connectivity index (χ2v) is 7.57. The number of benzene rings is 3. The fourth-order valence-corrected chi connectivity index (χ4v) is 3.21. The largest absolute Gasteiger partial charge is 0.493 e. The van der Waals surface area contributed by atoms with Gasteiger partial charge >= 0.3 is 5.97 Å². The summed E-state index contributed by atoms with van der Waals surface area (Å²) in [5.41, 5.74) is 3.59. The van der Waals surface area contributed by atoms with Crippen molar-refractivity contribution in [2.24, 2.45) is 5.10 Å². The van der Waals surface area contributed by atoms with E-state index < -0.39 is 17.8 Å². The molecule has 3 rings (SSSR count). The molecule has 2 amide bonds. The van der Waals surface area contributed by atoms with Gasteiger partial charge in [0.1, 0.15) is 5.75 Å². The van der Waals surface area contributed by atoms with Gasteiger partial charge in [0.25, 0.3) is 11.8 Å². The average Bonchev–Trinajstić information content (AvgIpc) is 2.95. The maximum Gasteiger partial charge on any atom is 0.343 e. The monoisotopic (exact) mass is 521 g/mol. The molecule has 11 heteroatoms. The number of hydrogen-bond acceptors (Lipinski definition) is 9. The summed E-state index contributed by atoms with van der Waals surface area (Å²) in [6, 6.07) is 15.9. The lowest BCUT2D eigenvalue weighted by molar-refractivity contribution is -0.120. The highest BCUT2D eigenvalue weighted by atomic mass is 16.5. The Kier molecular flexibility index (Phi) is 9.64. The molecule has 0 atom stereocenters. The minimum Gasteiger partial charge on any atom is -0.493 e. The van der Waals surface area contributed by atoms with Gasteiger partial charge in [-0.25, -0.2) is 10.2 Å². The molecule has 0 aliphatic rings. The summed E-state index contributed by atoms with van der Waals surface area (Å²) >= 11 is 0. The van der Waals surface area contributed by atoms with Crippen molar-refractivity contribution in [1.82, 2.24) is 10.7 Å². The quantitative estimate of drug-likeness (QED) is 0.170. The number of amides is 2. The van der Waals surface area contributed by atoms with Crippen LogP contribution in [0.2, 0.25) is 0 Å². The predicted molar refractivity (Wildman–Crippen MR) is 139 cm³/mol. The standard InChI is InChI=1S/C27H27N3O8/c1-34-21-11-7-18(13-23(21)36-3)26(32)28-16-25(31)30-29-15-17-5-9-20(10-6-17)38-27(33)19-8-12-22(35-2)24(14-19)37-4/h5-15H,16H2,1-4H3,(H,28,32)(H,30,31)/b29-15+. The Hall–Kier alpha value is -5.06. The molecule has 0 radical (unpaired) electrons. The second-order valence-electron chi connectivity index (χ2n) is 7.57. The van der Waals surface area contributed by atoms with E-state index in [-0.39, 0.29) is 6.54 Å². The molecule has 0 heterocycles. The van der Waals surface area contributed by atoms with Gasteiger partial charge in [0.05, 0.1) is 46.8 Å². The molecule has 0 aliphatic carbocycles. The Balaban J connectivity index is 1.48. The summed E-state index contributed by atoms with van der Waals surface area (Å²) in [7, 11) is 5.94. The van der Waals surface area contributed by atoms with Crippen molar-refractivity contribution in [3.05, 3.63) is 77.4 Å². The Morgan fingerprint density at radius 1 is 0.737 bits per heavy atom. The highest BCUT2D eigenvalue weighted by Gasteiger charge is 2.14. The first-order valence-electron chi connectivity index (χ1n) is 11.2. The van der Waals surface area contributed by atoms with Gasteiger partial charge in [-0.3, -0.25) is 9.59 Å². The molecule has 2 N–H and O–H groups in total. The second kappa shape index (κ2) is 13.3. The molecule has 0 bridgehead atoms. The minimum atomic E-state index is -0.560. The maximum atomic E-state index is 12.4. The van der Waals surface area contributed by atoms with Crippen LogP contribution in [-0.4, -0.2) is 59.0 Å². The zero-order valence-corrected chi connectivity index (χ0v) is 21.3. The fourth-order valence-electron chi connectivity index (χ4n) is 3.21. The number of hydrazone groups is 1. The third-order valence-corrected chi connectivity index (χ3v) is 5.17. The molecule has 3 aromatic rings. The lowest BCUT2D eigenvalue weighted by atomic mass is 10.2. The zero-order valence-electron chi connectivity index (χ0n) is 21.3.